The van der Waals surface area contributed by atoms with E-state index in [2.05, 4.69) is 22.6 Å². The summed E-state index contributed by atoms with van der Waals surface area (Å²) in [5.74, 6) is 1.48. The summed E-state index contributed by atoms with van der Waals surface area (Å²) in [6, 6.07) is 10.4. The lowest BCUT2D eigenvalue weighted by Gasteiger charge is -2.08. The Hall–Kier alpha value is -0.880. The van der Waals surface area contributed by atoms with Crippen LogP contribution >= 0.6 is 22.6 Å². The largest absolute Gasteiger partial charge is 0.463 e. The number of rotatable bonds is 6. The number of furan rings is 1. The molecule has 0 saturated carbocycles. The fraction of sp³-hybridized carbons (Fsp3) is 0.333. The van der Waals surface area contributed by atoms with Crippen molar-refractivity contribution in [3.05, 3.63) is 59.3 Å². The molecule has 0 N–H and O–H groups in total. The third-order valence-electron chi connectivity index (χ3n) is 2.82. The second-order valence-electron chi connectivity index (χ2n) is 4.31. The molecule has 0 aliphatic carbocycles. The lowest BCUT2D eigenvalue weighted by atomic mass is 10.1. The van der Waals surface area contributed by atoms with Gasteiger partial charge in [0, 0.05) is 10.8 Å². The molecule has 1 unspecified atom stereocenters. The molecule has 0 radical (unpaired) electrons. The molecule has 2 nitrogen and oxygen atoms in total. The van der Waals surface area contributed by atoms with Crippen LogP contribution < -0.4 is 0 Å². The molecule has 2 rings (SSSR count). The van der Waals surface area contributed by atoms with Crippen LogP contribution in [0.5, 0.6) is 0 Å². The molecule has 1 atom stereocenters. The molecule has 0 spiro atoms. The van der Waals surface area contributed by atoms with E-state index in [1.54, 1.807) is 12.1 Å². The van der Waals surface area contributed by atoms with Crippen molar-refractivity contribution in [1.82, 2.24) is 0 Å². The molecule has 4 heteroatoms. The van der Waals surface area contributed by atoms with Crippen LogP contribution in [0.15, 0.2) is 40.8 Å². The summed E-state index contributed by atoms with van der Waals surface area (Å²) in [6.07, 6.45) is 0.635. The zero-order valence-corrected chi connectivity index (χ0v) is 12.9. The number of alkyl halides is 1. The van der Waals surface area contributed by atoms with Gasteiger partial charge in [0.25, 0.3) is 0 Å². The first-order chi connectivity index (χ1) is 9.19. The van der Waals surface area contributed by atoms with Crippen molar-refractivity contribution in [2.75, 3.05) is 11.0 Å². The molecule has 0 fully saturated rings. The zero-order valence-electron chi connectivity index (χ0n) is 10.7. The topological polar surface area (TPSA) is 22.4 Å². The van der Waals surface area contributed by atoms with Crippen molar-refractivity contribution in [2.24, 2.45) is 0 Å². The molecular weight excluding hydrogens is 358 g/mol. The van der Waals surface area contributed by atoms with Crippen molar-refractivity contribution < 1.29 is 13.5 Å². The lowest BCUT2D eigenvalue weighted by Crippen LogP contribution is -2.00. The predicted octanol–water partition coefficient (Wildman–Crippen LogP) is 4.52. The highest BCUT2D eigenvalue weighted by molar-refractivity contribution is 14.1. The van der Waals surface area contributed by atoms with Crippen LogP contribution in [-0.2, 0) is 11.2 Å². The monoisotopic (exact) mass is 374 g/mol. The molecule has 19 heavy (non-hydrogen) atoms. The molecule has 0 aliphatic heterocycles. The van der Waals surface area contributed by atoms with E-state index >= 15 is 0 Å². The Bertz CT molecular complexity index is 507. The number of hydrogen-bond donors (Lipinski definition) is 0. The van der Waals surface area contributed by atoms with E-state index in [0.717, 1.165) is 28.1 Å². The van der Waals surface area contributed by atoms with E-state index in [1.807, 2.05) is 19.1 Å². The average Bonchev–Trinajstić information content (AvgIpc) is 2.87. The quantitative estimate of drug-likeness (QED) is 0.548. The van der Waals surface area contributed by atoms with Crippen molar-refractivity contribution in [3.8, 4) is 0 Å². The predicted molar refractivity (Wildman–Crippen MR) is 81.2 cm³/mol. The van der Waals surface area contributed by atoms with Crippen molar-refractivity contribution in [1.29, 1.82) is 0 Å². The number of benzene rings is 1. The SMILES string of the molecule is CC(OCCI)c1ccc(Cc2ccc(F)cc2)o1. The van der Waals surface area contributed by atoms with Gasteiger partial charge in [0.15, 0.2) is 0 Å². The first-order valence-electron chi connectivity index (χ1n) is 6.19. The minimum Gasteiger partial charge on any atom is -0.463 e. The van der Waals surface area contributed by atoms with Gasteiger partial charge in [-0.2, -0.15) is 0 Å². The van der Waals surface area contributed by atoms with Crippen LogP contribution in [0.1, 0.15) is 30.1 Å². The van der Waals surface area contributed by atoms with E-state index in [0.29, 0.717) is 6.42 Å². The first kappa shape index (κ1) is 14.5. The number of ether oxygens (including phenoxy) is 1. The molecule has 0 bridgehead atoms. The molecule has 0 aliphatic rings. The third kappa shape index (κ3) is 4.31. The Morgan fingerprint density at radius 2 is 1.95 bits per heavy atom. The van der Waals surface area contributed by atoms with Gasteiger partial charge >= 0.3 is 0 Å². The highest BCUT2D eigenvalue weighted by Gasteiger charge is 2.11. The van der Waals surface area contributed by atoms with Crippen molar-refractivity contribution >= 4 is 22.6 Å². The van der Waals surface area contributed by atoms with Crippen LogP contribution in [-0.4, -0.2) is 11.0 Å². The zero-order chi connectivity index (χ0) is 13.7. The summed E-state index contributed by atoms with van der Waals surface area (Å²) >= 11 is 2.28. The van der Waals surface area contributed by atoms with E-state index in [-0.39, 0.29) is 11.9 Å². The maximum Gasteiger partial charge on any atom is 0.132 e. The standard InChI is InChI=1S/C15H16FIO2/c1-11(18-9-8-17)15-7-6-14(19-15)10-12-2-4-13(16)5-3-12/h2-7,11H,8-10H2,1H3. The molecule has 0 amide bonds. The fourth-order valence-electron chi connectivity index (χ4n) is 1.81. The third-order valence-corrected chi connectivity index (χ3v) is 3.26. The van der Waals surface area contributed by atoms with Gasteiger partial charge in [-0.15, -0.1) is 0 Å². The highest BCUT2D eigenvalue weighted by Crippen LogP contribution is 2.21. The lowest BCUT2D eigenvalue weighted by molar-refractivity contribution is 0.0626. The van der Waals surface area contributed by atoms with Crippen LogP contribution in [0.4, 0.5) is 4.39 Å². The molecule has 1 aromatic heterocycles. The highest BCUT2D eigenvalue weighted by atomic mass is 127. The van der Waals surface area contributed by atoms with E-state index < -0.39 is 0 Å². The smallest absolute Gasteiger partial charge is 0.132 e. The van der Waals surface area contributed by atoms with Crippen LogP contribution in [0.2, 0.25) is 0 Å². The summed E-state index contributed by atoms with van der Waals surface area (Å²) in [7, 11) is 0. The fourth-order valence-corrected chi connectivity index (χ4v) is 2.07. The Kier molecular flexibility index (Phi) is 5.39. The number of hydrogen-bond acceptors (Lipinski definition) is 2. The van der Waals surface area contributed by atoms with Gasteiger partial charge in [-0.05, 0) is 36.8 Å². The normalized spacial score (nSPS) is 12.6. The number of halogens is 2. The van der Waals surface area contributed by atoms with Gasteiger partial charge < -0.3 is 9.15 Å². The minimum absolute atomic E-state index is 0.0308. The maximum absolute atomic E-state index is 12.8. The Labute approximate surface area is 126 Å². The summed E-state index contributed by atoms with van der Waals surface area (Å²) in [6.45, 7) is 2.70. The first-order valence-corrected chi connectivity index (χ1v) is 7.72. The van der Waals surface area contributed by atoms with Gasteiger partial charge in [0.1, 0.15) is 23.4 Å². The van der Waals surface area contributed by atoms with Crippen molar-refractivity contribution in [3.63, 3.8) is 0 Å². The molecule has 0 saturated heterocycles. The van der Waals surface area contributed by atoms with E-state index in [4.69, 9.17) is 9.15 Å². The molecule has 1 aromatic carbocycles. The maximum atomic E-state index is 12.8. The van der Waals surface area contributed by atoms with E-state index in [1.165, 1.54) is 12.1 Å². The van der Waals surface area contributed by atoms with Gasteiger partial charge in [0.05, 0.1) is 6.61 Å². The second-order valence-corrected chi connectivity index (χ2v) is 5.39. The summed E-state index contributed by atoms with van der Waals surface area (Å²) < 4.78 is 25.1. The minimum atomic E-state index is -0.218. The Morgan fingerprint density at radius 1 is 1.21 bits per heavy atom. The second kappa shape index (κ2) is 7.05. The summed E-state index contributed by atoms with van der Waals surface area (Å²) in [5.41, 5.74) is 1.03. The van der Waals surface area contributed by atoms with Crippen LogP contribution in [0, 0.1) is 5.82 Å². The molecule has 1 heterocycles. The Morgan fingerprint density at radius 3 is 2.63 bits per heavy atom. The van der Waals surface area contributed by atoms with Gasteiger partial charge in [-0.25, -0.2) is 4.39 Å². The molecule has 2 aromatic rings. The summed E-state index contributed by atoms with van der Waals surface area (Å²) in [4.78, 5) is 0. The molecular formula is C15H16FIO2. The average molecular weight is 374 g/mol. The Balaban J connectivity index is 1.98. The van der Waals surface area contributed by atoms with Crippen LogP contribution in [0.25, 0.3) is 0 Å². The van der Waals surface area contributed by atoms with Gasteiger partial charge in [-0.3, -0.25) is 0 Å². The van der Waals surface area contributed by atoms with E-state index in [9.17, 15) is 4.39 Å². The van der Waals surface area contributed by atoms with Crippen molar-refractivity contribution in [2.45, 2.75) is 19.4 Å². The van der Waals surface area contributed by atoms with Gasteiger partial charge in [-0.1, -0.05) is 34.7 Å². The van der Waals surface area contributed by atoms with Crippen LogP contribution in [0.3, 0.4) is 0 Å². The summed E-state index contributed by atoms with van der Waals surface area (Å²) in [5, 5.41) is 0. The van der Waals surface area contributed by atoms with Gasteiger partial charge in [0.2, 0.25) is 0 Å². The molecule has 102 valence electrons.